The molecule has 0 aliphatic carbocycles. The molecule has 2 fully saturated rings. The monoisotopic (exact) mass is 300 g/mol. The lowest BCUT2D eigenvalue weighted by molar-refractivity contribution is -0.110. The maximum Gasteiger partial charge on any atom is 0.186 e. The van der Waals surface area contributed by atoms with E-state index in [4.69, 9.17) is 14.3 Å². The molecule has 22 heavy (non-hydrogen) atoms. The van der Waals surface area contributed by atoms with Gasteiger partial charge in [0.25, 0.3) is 0 Å². The van der Waals surface area contributed by atoms with Gasteiger partial charge in [-0.2, -0.15) is 5.26 Å². The summed E-state index contributed by atoms with van der Waals surface area (Å²) in [6.07, 6.45) is 3.73. The molecule has 0 aromatic heterocycles. The molecule has 2 atom stereocenters. The van der Waals surface area contributed by atoms with Gasteiger partial charge in [-0.15, -0.1) is 0 Å². The Morgan fingerprint density at radius 1 is 1.14 bits per heavy atom. The molecular formula is C17H20N2O3. The summed E-state index contributed by atoms with van der Waals surface area (Å²) < 4.78 is 11.5. The highest BCUT2D eigenvalue weighted by Gasteiger charge is 2.37. The van der Waals surface area contributed by atoms with Gasteiger partial charge in [0, 0.05) is 18.8 Å². The Labute approximate surface area is 130 Å². The van der Waals surface area contributed by atoms with Gasteiger partial charge in [-0.3, -0.25) is 0 Å². The highest BCUT2D eigenvalue weighted by atomic mass is 16.7. The molecule has 1 aromatic rings. The van der Waals surface area contributed by atoms with E-state index in [1.165, 1.54) is 0 Å². The van der Waals surface area contributed by atoms with Gasteiger partial charge in [0.05, 0.1) is 12.2 Å². The quantitative estimate of drug-likeness (QED) is 0.619. The molecular weight excluding hydrogens is 280 g/mol. The van der Waals surface area contributed by atoms with Crippen molar-refractivity contribution in [2.45, 2.75) is 44.0 Å². The SMILES string of the molecule is N#C/C(=N\OC(C1CCCO1)C1CCCO1)c1ccccc1. The minimum atomic E-state index is -0.239. The van der Waals surface area contributed by atoms with Gasteiger partial charge in [-0.05, 0) is 25.7 Å². The zero-order chi connectivity index (χ0) is 15.2. The fourth-order valence-corrected chi connectivity index (χ4v) is 2.95. The number of hydrogen-bond acceptors (Lipinski definition) is 5. The number of benzene rings is 1. The predicted octanol–water partition coefficient (Wildman–Crippen LogP) is 2.66. The normalized spacial score (nSPS) is 26.6. The highest BCUT2D eigenvalue weighted by molar-refractivity contribution is 6.11. The number of oxime groups is 1. The van der Waals surface area contributed by atoms with E-state index in [0.29, 0.717) is 0 Å². The van der Waals surface area contributed by atoms with Gasteiger partial charge in [0.1, 0.15) is 6.07 Å². The van der Waals surface area contributed by atoms with E-state index in [2.05, 4.69) is 11.2 Å². The minimum Gasteiger partial charge on any atom is -0.386 e. The topological polar surface area (TPSA) is 63.8 Å². The van der Waals surface area contributed by atoms with Gasteiger partial charge < -0.3 is 14.3 Å². The lowest BCUT2D eigenvalue weighted by atomic mass is 10.0. The molecule has 2 unspecified atom stereocenters. The van der Waals surface area contributed by atoms with Crippen molar-refractivity contribution >= 4 is 5.71 Å². The molecule has 2 heterocycles. The van der Waals surface area contributed by atoms with Crippen LogP contribution in [0.4, 0.5) is 0 Å². The maximum absolute atomic E-state index is 9.30. The lowest BCUT2D eigenvalue weighted by Gasteiger charge is -2.25. The molecule has 0 N–H and O–H groups in total. The van der Waals surface area contributed by atoms with Crippen molar-refractivity contribution in [2.75, 3.05) is 13.2 Å². The van der Waals surface area contributed by atoms with Crippen LogP contribution >= 0.6 is 0 Å². The first-order valence-electron chi connectivity index (χ1n) is 7.81. The summed E-state index contributed by atoms with van der Waals surface area (Å²) in [7, 11) is 0. The van der Waals surface area contributed by atoms with Crippen LogP contribution < -0.4 is 0 Å². The third-order valence-electron chi connectivity index (χ3n) is 4.08. The number of hydrogen-bond donors (Lipinski definition) is 0. The van der Waals surface area contributed by atoms with Gasteiger partial charge in [0.15, 0.2) is 11.8 Å². The summed E-state index contributed by atoms with van der Waals surface area (Å²) in [6, 6.07) is 11.4. The molecule has 0 radical (unpaired) electrons. The molecule has 2 saturated heterocycles. The van der Waals surface area contributed by atoms with Gasteiger partial charge in [0.2, 0.25) is 0 Å². The Kier molecular flexibility index (Phi) is 5.04. The minimum absolute atomic E-state index is 0.00238. The second-order valence-corrected chi connectivity index (χ2v) is 5.59. The molecule has 2 aliphatic rings. The van der Waals surface area contributed by atoms with Gasteiger partial charge in [-0.25, -0.2) is 0 Å². The van der Waals surface area contributed by atoms with Crippen LogP contribution in [-0.4, -0.2) is 37.2 Å². The zero-order valence-corrected chi connectivity index (χ0v) is 12.5. The molecule has 0 bridgehead atoms. The van der Waals surface area contributed by atoms with Crippen LogP contribution in [0, 0.1) is 11.3 Å². The van der Waals surface area contributed by atoms with Crippen molar-refractivity contribution in [3.05, 3.63) is 35.9 Å². The van der Waals surface area contributed by atoms with Crippen LogP contribution in [-0.2, 0) is 14.3 Å². The smallest absolute Gasteiger partial charge is 0.186 e. The van der Waals surface area contributed by atoms with E-state index in [1.54, 1.807) is 0 Å². The third kappa shape index (κ3) is 3.46. The Morgan fingerprint density at radius 2 is 1.77 bits per heavy atom. The number of nitriles is 1. The van der Waals surface area contributed by atoms with E-state index >= 15 is 0 Å². The first kappa shape index (κ1) is 15.0. The molecule has 2 aliphatic heterocycles. The van der Waals surface area contributed by atoms with E-state index < -0.39 is 0 Å². The predicted molar refractivity (Wildman–Crippen MR) is 81.4 cm³/mol. The van der Waals surface area contributed by atoms with Crippen LogP contribution in [0.15, 0.2) is 35.5 Å². The largest absolute Gasteiger partial charge is 0.386 e. The molecule has 0 amide bonds. The summed E-state index contributed by atoms with van der Waals surface area (Å²) in [6.45, 7) is 1.51. The van der Waals surface area contributed by atoms with Crippen molar-refractivity contribution in [1.82, 2.24) is 0 Å². The highest BCUT2D eigenvalue weighted by Crippen LogP contribution is 2.27. The number of rotatable bonds is 5. The Hall–Kier alpha value is -1.90. The summed E-state index contributed by atoms with van der Waals surface area (Å²) >= 11 is 0. The number of ether oxygens (including phenoxy) is 2. The van der Waals surface area contributed by atoms with Crippen LogP contribution in [0.2, 0.25) is 0 Å². The van der Waals surface area contributed by atoms with E-state index in [0.717, 1.165) is 44.5 Å². The molecule has 0 spiro atoms. The van der Waals surface area contributed by atoms with E-state index in [1.807, 2.05) is 30.3 Å². The van der Waals surface area contributed by atoms with Crippen molar-refractivity contribution < 1.29 is 14.3 Å². The molecule has 1 aromatic carbocycles. The molecule has 0 saturated carbocycles. The first-order valence-corrected chi connectivity index (χ1v) is 7.81. The van der Waals surface area contributed by atoms with Crippen LogP contribution in [0.1, 0.15) is 31.2 Å². The fourth-order valence-electron chi connectivity index (χ4n) is 2.95. The first-order chi connectivity index (χ1) is 10.9. The van der Waals surface area contributed by atoms with Crippen molar-refractivity contribution in [3.63, 3.8) is 0 Å². The Balaban J connectivity index is 1.74. The second kappa shape index (κ2) is 7.39. The zero-order valence-electron chi connectivity index (χ0n) is 12.5. The second-order valence-electron chi connectivity index (χ2n) is 5.59. The Morgan fingerprint density at radius 3 is 2.27 bits per heavy atom. The summed E-state index contributed by atoms with van der Waals surface area (Å²) in [5.74, 6) is 0. The van der Waals surface area contributed by atoms with Gasteiger partial charge >= 0.3 is 0 Å². The average Bonchev–Trinajstić information content (AvgIpc) is 3.26. The molecule has 3 rings (SSSR count). The standard InChI is InChI=1S/C17H20N2O3/c18-12-14(13-6-2-1-3-7-13)19-22-17(15-8-4-10-20-15)16-9-5-11-21-16/h1-3,6-7,15-17H,4-5,8-11H2/b19-14+. The van der Waals surface area contributed by atoms with Crippen molar-refractivity contribution in [1.29, 1.82) is 5.26 Å². The summed E-state index contributed by atoms with van der Waals surface area (Å²) in [5.41, 5.74) is 1.03. The summed E-state index contributed by atoms with van der Waals surface area (Å²) in [5, 5.41) is 13.4. The van der Waals surface area contributed by atoms with Crippen molar-refractivity contribution in [3.8, 4) is 6.07 Å². The maximum atomic E-state index is 9.30. The molecule has 116 valence electrons. The van der Waals surface area contributed by atoms with Crippen LogP contribution in [0.3, 0.4) is 0 Å². The lowest BCUT2D eigenvalue weighted by Crippen LogP contribution is -2.38. The number of nitrogens with zero attached hydrogens (tertiary/aromatic N) is 2. The summed E-state index contributed by atoms with van der Waals surface area (Å²) in [4.78, 5) is 5.73. The fraction of sp³-hybridized carbons (Fsp3) is 0.529. The van der Waals surface area contributed by atoms with Crippen molar-refractivity contribution in [2.24, 2.45) is 5.16 Å². The average molecular weight is 300 g/mol. The van der Waals surface area contributed by atoms with E-state index in [9.17, 15) is 5.26 Å². The van der Waals surface area contributed by atoms with Crippen LogP contribution in [0.5, 0.6) is 0 Å². The van der Waals surface area contributed by atoms with Gasteiger partial charge in [-0.1, -0.05) is 35.5 Å². The molecule has 5 heteroatoms. The Bertz CT molecular complexity index is 525. The van der Waals surface area contributed by atoms with Crippen LogP contribution in [0.25, 0.3) is 0 Å². The van der Waals surface area contributed by atoms with E-state index in [-0.39, 0.29) is 24.0 Å². The third-order valence-corrected chi connectivity index (χ3v) is 4.08. The molecule has 5 nitrogen and oxygen atoms in total.